The fraction of sp³-hybridized carbons (Fsp3) is 0.0769. The van der Waals surface area contributed by atoms with E-state index in [1.165, 1.54) is 0 Å². The molecule has 1 N–H and O–H groups in total. The summed E-state index contributed by atoms with van der Waals surface area (Å²) >= 11 is 3.78. The second kappa shape index (κ2) is 5.64. The van der Waals surface area contributed by atoms with Gasteiger partial charge in [0.05, 0.1) is 10.7 Å². The molecule has 88 valence electrons. The molecule has 0 atom stereocenters. The summed E-state index contributed by atoms with van der Waals surface area (Å²) in [5.74, 6) is 1.18. The molecule has 0 bridgehead atoms. The molecule has 2 aromatic carbocycles. The van der Waals surface area contributed by atoms with Crippen molar-refractivity contribution in [3.05, 3.63) is 46.0 Å². The smallest absolute Gasteiger partial charge is 0.128 e. The number of ether oxygens (including phenoxy) is 1. The summed E-state index contributed by atoms with van der Waals surface area (Å²) in [4.78, 5) is 2.25. The van der Waals surface area contributed by atoms with Gasteiger partial charge in [-0.25, -0.2) is 0 Å². The topological polar surface area (TPSA) is 29.5 Å². The molecule has 0 unspecified atom stereocenters. The molecule has 0 amide bonds. The Hall–Kier alpha value is -0.880. The third kappa shape index (κ3) is 3.29. The van der Waals surface area contributed by atoms with Crippen LogP contribution in [0, 0.1) is 3.57 Å². The monoisotopic (exact) mass is 358 g/mol. The Kier molecular flexibility index (Phi) is 4.17. The average molecular weight is 358 g/mol. The summed E-state index contributed by atoms with van der Waals surface area (Å²) in [6.07, 6.45) is 0. The molecule has 2 aromatic rings. The molecule has 0 aliphatic rings. The zero-order valence-corrected chi connectivity index (χ0v) is 12.2. The standard InChI is InChI=1S/C13H11IO2S/c1-16-9-2-4-10(5-3-9)17-11-6-7-13(15)12(14)8-11/h2-8,15H,1H3. The largest absolute Gasteiger partial charge is 0.507 e. The number of hydrogen-bond donors (Lipinski definition) is 1. The summed E-state index contributed by atoms with van der Waals surface area (Å²) in [5, 5.41) is 9.44. The van der Waals surface area contributed by atoms with Gasteiger partial charge >= 0.3 is 0 Å². The first kappa shape index (κ1) is 12.6. The lowest BCUT2D eigenvalue weighted by molar-refractivity contribution is 0.414. The molecule has 2 nitrogen and oxygen atoms in total. The van der Waals surface area contributed by atoms with Crippen molar-refractivity contribution in [2.24, 2.45) is 0 Å². The van der Waals surface area contributed by atoms with E-state index in [-0.39, 0.29) is 0 Å². The molecule has 0 aliphatic heterocycles. The molecule has 17 heavy (non-hydrogen) atoms. The fourth-order valence-corrected chi connectivity index (χ4v) is 2.91. The lowest BCUT2D eigenvalue weighted by Gasteiger charge is -2.04. The van der Waals surface area contributed by atoms with Crippen LogP contribution in [-0.4, -0.2) is 12.2 Å². The van der Waals surface area contributed by atoms with Gasteiger partial charge in [0.1, 0.15) is 11.5 Å². The lowest BCUT2D eigenvalue weighted by Crippen LogP contribution is -1.81. The maximum atomic E-state index is 9.44. The van der Waals surface area contributed by atoms with Gasteiger partial charge in [-0.1, -0.05) is 11.8 Å². The van der Waals surface area contributed by atoms with E-state index in [0.717, 1.165) is 19.1 Å². The second-order valence-electron chi connectivity index (χ2n) is 3.39. The van der Waals surface area contributed by atoms with E-state index in [0.29, 0.717) is 5.75 Å². The zero-order valence-electron chi connectivity index (χ0n) is 9.18. The average Bonchev–Trinajstić information content (AvgIpc) is 2.35. The van der Waals surface area contributed by atoms with Gasteiger partial charge in [0.2, 0.25) is 0 Å². The first-order valence-electron chi connectivity index (χ1n) is 4.99. The molecule has 0 radical (unpaired) electrons. The molecule has 0 saturated carbocycles. The van der Waals surface area contributed by atoms with Crippen molar-refractivity contribution in [2.45, 2.75) is 9.79 Å². The number of hydrogen-bond acceptors (Lipinski definition) is 3. The molecule has 0 heterocycles. The van der Waals surface area contributed by atoms with Crippen molar-refractivity contribution in [1.29, 1.82) is 0 Å². The van der Waals surface area contributed by atoms with Crippen LogP contribution in [0.2, 0.25) is 0 Å². The molecule has 0 spiro atoms. The quantitative estimate of drug-likeness (QED) is 0.836. The van der Waals surface area contributed by atoms with Crippen LogP contribution in [0.1, 0.15) is 0 Å². The minimum absolute atomic E-state index is 0.324. The number of methoxy groups -OCH3 is 1. The Morgan fingerprint density at radius 2 is 1.71 bits per heavy atom. The van der Waals surface area contributed by atoms with Gasteiger partial charge in [-0.05, 0) is 65.1 Å². The summed E-state index contributed by atoms with van der Waals surface area (Å²) in [7, 11) is 1.66. The predicted octanol–water partition coefficient (Wildman–Crippen LogP) is 4.16. The Bertz CT molecular complexity index is 511. The van der Waals surface area contributed by atoms with Crippen molar-refractivity contribution in [3.8, 4) is 11.5 Å². The minimum Gasteiger partial charge on any atom is -0.507 e. The highest BCUT2D eigenvalue weighted by Gasteiger charge is 2.02. The van der Waals surface area contributed by atoms with Crippen LogP contribution in [0.5, 0.6) is 11.5 Å². The van der Waals surface area contributed by atoms with Crippen molar-refractivity contribution >= 4 is 34.4 Å². The van der Waals surface area contributed by atoms with E-state index in [2.05, 4.69) is 22.6 Å². The van der Waals surface area contributed by atoms with Crippen LogP contribution in [0.3, 0.4) is 0 Å². The Balaban J connectivity index is 2.16. The van der Waals surface area contributed by atoms with Crippen LogP contribution in [-0.2, 0) is 0 Å². The van der Waals surface area contributed by atoms with Crippen LogP contribution >= 0.6 is 34.4 Å². The molecular weight excluding hydrogens is 347 g/mol. The number of phenolic OH excluding ortho intramolecular Hbond substituents is 1. The number of halogens is 1. The molecule has 4 heteroatoms. The molecule has 0 fully saturated rings. The van der Waals surface area contributed by atoms with Gasteiger partial charge in [-0.3, -0.25) is 0 Å². The molecule has 0 aromatic heterocycles. The van der Waals surface area contributed by atoms with Crippen molar-refractivity contribution in [2.75, 3.05) is 7.11 Å². The molecular formula is C13H11IO2S. The maximum absolute atomic E-state index is 9.44. The van der Waals surface area contributed by atoms with Gasteiger partial charge in [0, 0.05) is 9.79 Å². The van der Waals surface area contributed by atoms with Gasteiger partial charge in [-0.2, -0.15) is 0 Å². The van der Waals surface area contributed by atoms with E-state index in [1.54, 1.807) is 24.9 Å². The van der Waals surface area contributed by atoms with Crippen LogP contribution in [0.15, 0.2) is 52.3 Å². The zero-order chi connectivity index (χ0) is 12.3. The summed E-state index contributed by atoms with van der Waals surface area (Å²) in [6, 6.07) is 13.5. The highest BCUT2D eigenvalue weighted by atomic mass is 127. The van der Waals surface area contributed by atoms with Crippen molar-refractivity contribution in [1.82, 2.24) is 0 Å². The number of benzene rings is 2. The van der Waals surface area contributed by atoms with E-state index in [1.807, 2.05) is 36.4 Å². The number of aromatic hydroxyl groups is 1. The minimum atomic E-state index is 0.324. The highest BCUT2D eigenvalue weighted by molar-refractivity contribution is 14.1. The van der Waals surface area contributed by atoms with Crippen LogP contribution in [0.25, 0.3) is 0 Å². The third-order valence-corrected chi connectivity index (χ3v) is 4.08. The van der Waals surface area contributed by atoms with Gasteiger partial charge < -0.3 is 9.84 Å². The van der Waals surface area contributed by atoms with Crippen LogP contribution < -0.4 is 4.74 Å². The van der Waals surface area contributed by atoms with Gasteiger partial charge in [0.25, 0.3) is 0 Å². The predicted molar refractivity (Wildman–Crippen MR) is 77.9 cm³/mol. The van der Waals surface area contributed by atoms with E-state index in [4.69, 9.17) is 4.74 Å². The SMILES string of the molecule is COc1ccc(Sc2ccc(O)c(I)c2)cc1. The van der Waals surface area contributed by atoms with Crippen molar-refractivity contribution in [3.63, 3.8) is 0 Å². The highest BCUT2D eigenvalue weighted by Crippen LogP contribution is 2.32. The fourth-order valence-electron chi connectivity index (χ4n) is 1.33. The van der Waals surface area contributed by atoms with Crippen molar-refractivity contribution < 1.29 is 9.84 Å². The molecule has 2 rings (SSSR count). The summed E-state index contributed by atoms with van der Waals surface area (Å²) in [5.41, 5.74) is 0. The Morgan fingerprint density at radius 3 is 2.29 bits per heavy atom. The first-order chi connectivity index (χ1) is 8.19. The third-order valence-electron chi connectivity index (χ3n) is 2.21. The lowest BCUT2D eigenvalue weighted by atomic mass is 10.3. The second-order valence-corrected chi connectivity index (χ2v) is 5.70. The van der Waals surface area contributed by atoms with Crippen LogP contribution in [0.4, 0.5) is 0 Å². The molecule has 0 saturated heterocycles. The number of phenols is 1. The first-order valence-corrected chi connectivity index (χ1v) is 6.89. The molecule has 0 aliphatic carbocycles. The maximum Gasteiger partial charge on any atom is 0.128 e. The number of rotatable bonds is 3. The van der Waals surface area contributed by atoms with E-state index >= 15 is 0 Å². The van der Waals surface area contributed by atoms with Gasteiger partial charge in [-0.15, -0.1) is 0 Å². The normalized spacial score (nSPS) is 10.2. The van der Waals surface area contributed by atoms with Gasteiger partial charge in [0.15, 0.2) is 0 Å². The Morgan fingerprint density at radius 1 is 1.06 bits per heavy atom. The van der Waals surface area contributed by atoms with E-state index < -0.39 is 0 Å². The Labute approximate surface area is 118 Å². The summed E-state index contributed by atoms with van der Waals surface area (Å²) in [6.45, 7) is 0. The van der Waals surface area contributed by atoms with E-state index in [9.17, 15) is 5.11 Å². The summed E-state index contributed by atoms with van der Waals surface area (Å²) < 4.78 is 5.97.